The zero-order chi connectivity index (χ0) is 42.8. The molecule has 0 atom stereocenters. The molecule has 7 rings (SSSR count). The van der Waals surface area contributed by atoms with Gasteiger partial charge in [-0.25, -0.2) is 0 Å². The molecule has 3 heterocycles. The summed E-state index contributed by atoms with van der Waals surface area (Å²) in [5.41, 5.74) is 20.1. The van der Waals surface area contributed by atoms with Gasteiger partial charge in [-0.2, -0.15) is 0 Å². The van der Waals surface area contributed by atoms with Crippen LogP contribution in [0.1, 0.15) is 203 Å². The second kappa shape index (κ2) is 17.1. The maximum Gasteiger partial charge on any atom is 0.0642 e. The molecule has 3 aromatic heterocycles. The predicted octanol–water partition coefficient (Wildman–Crippen LogP) is 19.8. The van der Waals surface area contributed by atoms with Gasteiger partial charge in [0, 0.05) is 20.9 Å². The van der Waals surface area contributed by atoms with Gasteiger partial charge in [0.05, 0.1) is 18.8 Å². The highest BCUT2D eigenvalue weighted by atomic mass is 32.1. The first kappa shape index (κ1) is 43.6. The largest absolute Gasteiger partial charge is 0.132 e. The first-order valence-corrected chi connectivity index (χ1v) is 24.9. The van der Waals surface area contributed by atoms with Crippen LogP contribution in [0.2, 0.25) is 0 Å². The SMILES string of the molecule is CC(C)c1ccc(-c2c(-c3c(C(C)C)cc(C(C)C)cc3C(C)C)sc3c2sc2c(-c4ccc(C(C)C)cc4)c(-c4c(C(C)C)cc(C(C)C)cc4C(C)C)sc23)cc1. The second-order valence-corrected chi connectivity index (χ2v) is 22.7. The van der Waals surface area contributed by atoms with Gasteiger partial charge >= 0.3 is 0 Å². The summed E-state index contributed by atoms with van der Waals surface area (Å²) in [6, 6.07) is 29.3. The topological polar surface area (TPSA) is 0 Å². The van der Waals surface area contributed by atoms with Crippen molar-refractivity contribution >= 4 is 52.8 Å². The van der Waals surface area contributed by atoms with E-state index >= 15 is 0 Å². The van der Waals surface area contributed by atoms with Crippen LogP contribution < -0.4 is 0 Å². The van der Waals surface area contributed by atoms with Gasteiger partial charge in [0.15, 0.2) is 0 Å². The molecule has 0 saturated carbocycles. The highest BCUT2D eigenvalue weighted by molar-refractivity contribution is 7.41. The minimum Gasteiger partial charge on any atom is -0.132 e. The summed E-state index contributed by atoms with van der Waals surface area (Å²) in [6.07, 6.45) is 0. The average Bonchev–Trinajstić information content (AvgIpc) is 3.85. The molecule has 310 valence electrons. The van der Waals surface area contributed by atoms with E-state index in [1.54, 1.807) is 0 Å². The van der Waals surface area contributed by atoms with Crippen LogP contribution in [0.5, 0.6) is 0 Å². The Morgan fingerprint density at radius 2 is 0.542 bits per heavy atom. The average molecular weight is 837 g/mol. The Morgan fingerprint density at radius 3 is 0.780 bits per heavy atom. The fraction of sp³-hybridized carbons (Fsp3) is 0.429. The Hall–Kier alpha value is -3.50. The summed E-state index contributed by atoms with van der Waals surface area (Å²) >= 11 is 6.18. The van der Waals surface area contributed by atoms with E-state index in [1.807, 2.05) is 0 Å². The number of fused-ring (bicyclic) bond motifs is 3. The zero-order valence-corrected chi connectivity index (χ0v) is 41.2. The van der Waals surface area contributed by atoms with Gasteiger partial charge in [-0.1, -0.05) is 184 Å². The van der Waals surface area contributed by atoms with E-state index in [2.05, 4.69) is 218 Å². The summed E-state index contributed by atoms with van der Waals surface area (Å²) in [6.45, 7) is 37.7. The highest BCUT2D eigenvalue weighted by Gasteiger charge is 2.31. The third-order valence-corrected chi connectivity index (χ3v) is 16.7. The van der Waals surface area contributed by atoms with E-state index in [0.717, 1.165) is 0 Å². The predicted molar refractivity (Wildman–Crippen MR) is 270 cm³/mol. The Labute approximate surface area is 369 Å². The first-order valence-electron chi connectivity index (χ1n) is 22.5. The number of rotatable bonds is 12. The van der Waals surface area contributed by atoms with Crippen LogP contribution in [-0.4, -0.2) is 0 Å². The third kappa shape index (κ3) is 8.06. The van der Waals surface area contributed by atoms with Crippen LogP contribution in [0.4, 0.5) is 0 Å². The van der Waals surface area contributed by atoms with Crippen molar-refractivity contribution in [1.29, 1.82) is 0 Å². The van der Waals surface area contributed by atoms with Crippen molar-refractivity contribution in [3.05, 3.63) is 117 Å². The van der Waals surface area contributed by atoms with Crippen LogP contribution >= 0.6 is 34.0 Å². The lowest BCUT2D eigenvalue weighted by Gasteiger charge is -2.23. The first-order chi connectivity index (χ1) is 27.9. The van der Waals surface area contributed by atoms with Gasteiger partial charge in [-0.05, 0) is 114 Å². The molecule has 0 saturated heterocycles. The van der Waals surface area contributed by atoms with Crippen LogP contribution in [0, 0.1) is 0 Å². The van der Waals surface area contributed by atoms with Crippen molar-refractivity contribution in [1.82, 2.24) is 0 Å². The number of benzene rings is 4. The van der Waals surface area contributed by atoms with E-state index in [4.69, 9.17) is 0 Å². The van der Waals surface area contributed by atoms with Crippen LogP contribution in [0.3, 0.4) is 0 Å². The number of hydrogen-bond donors (Lipinski definition) is 0. The van der Waals surface area contributed by atoms with Gasteiger partial charge in [0.2, 0.25) is 0 Å². The molecule has 0 bridgehead atoms. The van der Waals surface area contributed by atoms with E-state index in [1.165, 1.54) is 106 Å². The van der Waals surface area contributed by atoms with Crippen LogP contribution in [0.15, 0.2) is 72.8 Å². The molecule has 0 radical (unpaired) electrons. The van der Waals surface area contributed by atoms with Crippen molar-refractivity contribution in [2.45, 2.75) is 158 Å². The van der Waals surface area contributed by atoms with Gasteiger partial charge in [-0.3, -0.25) is 0 Å². The van der Waals surface area contributed by atoms with E-state index < -0.39 is 0 Å². The third-order valence-electron chi connectivity index (χ3n) is 12.6. The highest BCUT2D eigenvalue weighted by Crippen LogP contribution is 2.59. The molecular formula is C56H68S3. The summed E-state index contributed by atoms with van der Waals surface area (Å²) < 4.78 is 5.78. The lowest BCUT2D eigenvalue weighted by Crippen LogP contribution is -2.03. The zero-order valence-electron chi connectivity index (χ0n) is 38.8. The van der Waals surface area contributed by atoms with Crippen molar-refractivity contribution in [2.75, 3.05) is 0 Å². The molecule has 7 aromatic rings. The van der Waals surface area contributed by atoms with Crippen LogP contribution in [0.25, 0.3) is 61.9 Å². The fourth-order valence-corrected chi connectivity index (χ4v) is 13.6. The monoisotopic (exact) mass is 836 g/mol. The summed E-state index contributed by atoms with van der Waals surface area (Å²) in [4.78, 5) is 2.89. The van der Waals surface area contributed by atoms with Gasteiger partial charge in [-0.15, -0.1) is 34.0 Å². The molecule has 0 aliphatic rings. The Bertz CT molecular complexity index is 2350. The molecule has 0 aliphatic carbocycles. The number of thiophene rings is 3. The van der Waals surface area contributed by atoms with E-state index in [9.17, 15) is 0 Å². The lowest BCUT2D eigenvalue weighted by atomic mass is 9.82. The maximum atomic E-state index is 2.54. The molecule has 59 heavy (non-hydrogen) atoms. The standard InChI is InChI=1S/C56H68S3/c1-29(2)37-17-21-39(22-18-37)47-51(49-43(33(9)10)25-41(31(5)6)26-44(49)34(11)12)57-55-53(47)59-54-48(40-23-19-38(20-24-40)30(3)4)52(58-56(54)55)50-45(35(13)14)27-42(32(7)8)28-46(50)36(15)16/h17-36H,1-16H3. The number of hydrogen-bond acceptors (Lipinski definition) is 3. The minimum absolute atomic E-state index is 0.406. The van der Waals surface area contributed by atoms with E-state index in [0.29, 0.717) is 47.3 Å². The molecule has 4 aromatic carbocycles. The molecular weight excluding hydrogens is 769 g/mol. The lowest BCUT2D eigenvalue weighted by molar-refractivity contribution is 0.808. The summed E-state index contributed by atoms with van der Waals surface area (Å²) in [5, 5.41) is 0. The normalized spacial score (nSPS) is 12.6. The second-order valence-electron chi connectivity index (χ2n) is 19.7. The van der Waals surface area contributed by atoms with Crippen molar-refractivity contribution in [3.63, 3.8) is 0 Å². The minimum atomic E-state index is 0.406. The maximum absolute atomic E-state index is 2.54. The molecule has 0 fully saturated rings. The van der Waals surface area contributed by atoms with Gasteiger partial charge < -0.3 is 0 Å². The summed E-state index contributed by atoms with van der Waals surface area (Å²) in [7, 11) is 0. The Balaban J connectivity index is 1.65. The summed E-state index contributed by atoms with van der Waals surface area (Å²) in [5.74, 6) is 3.57. The fourth-order valence-electron chi connectivity index (χ4n) is 8.81. The Morgan fingerprint density at radius 1 is 0.271 bits per heavy atom. The van der Waals surface area contributed by atoms with Crippen molar-refractivity contribution in [3.8, 4) is 43.1 Å². The van der Waals surface area contributed by atoms with Crippen molar-refractivity contribution < 1.29 is 0 Å². The molecule has 0 unspecified atom stereocenters. The van der Waals surface area contributed by atoms with Gasteiger partial charge in [0.25, 0.3) is 0 Å². The van der Waals surface area contributed by atoms with Crippen LogP contribution in [-0.2, 0) is 0 Å². The van der Waals surface area contributed by atoms with Crippen molar-refractivity contribution in [2.24, 2.45) is 0 Å². The Kier molecular flexibility index (Phi) is 12.6. The van der Waals surface area contributed by atoms with E-state index in [-0.39, 0.29) is 0 Å². The molecule has 3 heteroatoms. The molecule has 0 spiro atoms. The molecule has 0 amide bonds. The molecule has 0 N–H and O–H groups in total. The van der Waals surface area contributed by atoms with Gasteiger partial charge in [0.1, 0.15) is 0 Å². The smallest absolute Gasteiger partial charge is 0.0642 e. The molecule has 0 aliphatic heterocycles. The quantitative estimate of drug-likeness (QED) is 0.115. The molecule has 0 nitrogen and oxygen atoms in total.